The summed E-state index contributed by atoms with van der Waals surface area (Å²) in [6.45, 7) is 8.41. The van der Waals surface area contributed by atoms with Crippen molar-refractivity contribution in [2.75, 3.05) is 18.1 Å². The summed E-state index contributed by atoms with van der Waals surface area (Å²) >= 11 is 2.02. The molecule has 0 aliphatic carbocycles. The molecule has 1 fully saturated rings. The van der Waals surface area contributed by atoms with Gasteiger partial charge in [0.2, 0.25) is 0 Å². The summed E-state index contributed by atoms with van der Waals surface area (Å²) in [4.78, 5) is 11.6. The van der Waals surface area contributed by atoms with Gasteiger partial charge in [-0.05, 0) is 52.0 Å². The SMILES string of the molecule is CC(CNC1CCSCC1)NC(=O)OC(C)(C)C. The minimum Gasteiger partial charge on any atom is -0.444 e. The van der Waals surface area contributed by atoms with Crippen LogP contribution in [0.15, 0.2) is 0 Å². The smallest absolute Gasteiger partial charge is 0.407 e. The predicted octanol–water partition coefficient (Wildman–Crippen LogP) is 2.38. The first-order valence-corrected chi connectivity index (χ1v) is 7.83. The molecule has 0 radical (unpaired) electrons. The lowest BCUT2D eigenvalue weighted by atomic mass is 10.1. The van der Waals surface area contributed by atoms with Gasteiger partial charge in [0.15, 0.2) is 0 Å². The second-order valence-corrected chi connectivity index (χ2v) is 7.07. The molecule has 18 heavy (non-hydrogen) atoms. The van der Waals surface area contributed by atoms with Crippen LogP contribution in [0.25, 0.3) is 0 Å². The van der Waals surface area contributed by atoms with E-state index in [4.69, 9.17) is 4.74 Å². The lowest BCUT2D eigenvalue weighted by Gasteiger charge is -2.25. The van der Waals surface area contributed by atoms with Crippen LogP contribution in [0.1, 0.15) is 40.5 Å². The molecule has 1 saturated heterocycles. The first-order valence-electron chi connectivity index (χ1n) is 6.67. The first kappa shape index (κ1) is 15.6. The molecule has 0 aromatic rings. The molecule has 2 N–H and O–H groups in total. The largest absolute Gasteiger partial charge is 0.444 e. The number of thioether (sulfide) groups is 1. The van der Waals surface area contributed by atoms with Crippen molar-refractivity contribution in [3.8, 4) is 0 Å². The summed E-state index contributed by atoms with van der Waals surface area (Å²) in [5.41, 5.74) is -0.433. The highest BCUT2D eigenvalue weighted by atomic mass is 32.2. The van der Waals surface area contributed by atoms with Gasteiger partial charge >= 0.3 is 6.09 Å². The number of rotatable bonds is 4. The van der Waals surface area contributed by atoms with E-state index in [1.165, 1.54) is 24.3 Å². The van der Waals surface area contributed by atoms with E-state index >= 15 is 0 Å². The number of amides is 1. The van der Waals surface area contributed by atoms with Gasteiger partial charge in [-0.15, -0.1) is 0 Å². The van der Waals surface area contributed by atoms with Crippen LogP contribution in [0.4, 0.5) is 4.79 Å². The van der Waals surface area contributed by atoms with Crippen molar-refractivity contribution >= 4 is 17.9 Å². The molecule has 1 atom stereocenters. The fraction of sp³-hybridized carbons (Fsp3) is 0.923. The van der Waals surface area contributed by atoms with Crippen molar-refractivity contribution < 1.29 is 9.53 Å². The summed E-state index contributed by atoms with van der Waals surface area (Å²) in [6.07, 6.45) is 2.11. The Morgan fingerprint density at radius 2 is 2.00 bits per heavy atom. The highest BCUT2D eigenvalue weighted by Gasteiger charge is 2.18. The highest BCUT2D eigenvalue weighted by Crippen LogP contribution is 2.16. The molecule has 0 aromatic carbocycles. The van der Waals surface area contributed by atoms with Crippen LogP contribution in [-0.4, -0.2) is 41.8 Å². The lowest BCUT2D eigenvalue weighted by molar-refractivity contribution is 0.0507. The summed E-state index contributed by atoms with van der Waals surface area (Å²) in [5, 5.41) is 6.35. The number of ether oxygens (including phenoxy) is 1. The van der Waals surface area contributed by atoms with Crippen molar-refractivity contribution in [1.29, 1.82) is 0 Å². The monoisotopic (exact) mass is 274 g/mol. The van der Waals surface area contributed by atoms with E-state index < -0.39 is 5.60 Å². The maximum absolute atomic E-state index is 11.6. The van der Waals surface area contributed by atoms with E-state index in [1.54, 1.807) is 0 Å². The van der Waals surface area contributed by atoms with E-state index in [0.29, 0.717) is 6.04 Å². The van der Waals surface area contributed by atoms with Gasteiger partial charge in [0.05, 0.1) is 0 Å². The van der Waals surface area contributed by atoms with Gasteiger partial charge in [0.1, 0.15) is 5.60 Å². The zero-order chi connectivity index (χ0) is 13.6. The van der Waals surface area contributed by atoms with Crippen molar-refractivity contribution in [3.05, 3.63) is 0 Å². The summed E-state index contributed by atoms with van der Waals surface area (Å²) in [7, 11) is 0. The van der Waals surface area contributed by atoms with Crippen molar-refractivity contribution in [2.45, 2.75) is 58.2 Å². The van der Waals surface area contributed by atoms with Gasteiger partial charge in [-0.25, -0.2) is 4.79 Å². The molecular weight excluding hydrogens is 248 g/mol. The number of alkyl carbamates (subject to hydrolysis) is 1. The van der Waals surface area contributed by atoms with Crippen LogP contribution in [0, 0.1) is 0 Å². The van der Waals surface area contributed by atoms with Gasteiger partial charge in [-0.3, -0.25) is 0 Å². The average Bonchev–Trinajstić information content (AvgIpc) is 2.25. The molecule has 0 saturated carbocycles. The summed E-state index contributed by atoms with van der Waals surface area (Å²) in [6, 6.07) is 0.698. The Bertz CT molecular complexity index is 260. The Kier molecular flexibility index (Phi) is 6.29. The van der Waals surface area contributed by atoms with Gasteiger partial charge in [-0.1, -0.05) is 0 Å². The number of carbonyl (C=O) groups excluding carboxylic acids is 1. The number of carbonyl (C=O) groups is 1. The van der Waals surface area contributed by atoms with E-state index in [0.717, 1.165) is 6.54 Å². The molecule has 1 aliphatic rings. The minimum atomic E-state index is -0.433. The van der Waals surface area contributed by atoms with Crippen LogP contribution < -0.4 is 10.6 Å². The molecule has 1 rings (SSSR count). The third kappa shape index (κ3) is 7.11. The summed E-state index contributed by atoms with van der Waals surface area (Å²) < 4.78 is 5.22. The van der Waals surface area contributed by atoms with Crippen molar-refractivity contribution in [1.82, 2.24) is 10.6 Å². The number of hydrogen-bond acceptors (Lipinski definition) is 4. The molecule has 1 heterocycles. The van der Waals surface area contributed by atoms with E-state index in [1.807, 2.05) is 39.5 Å². The van der Waals surface area contributed by atoms with Crippen LogP contribution in [0.2, 0.25) is 0 Å². The molecule has 1 amide bonds. The fourth-order valence-corrected chi connectivity index (χ4v) is 2.91. The Labute approximate surface area is 115 Å². The second-order valence-electron chi connectivity index (χ2n) is 5.84. The number of nitrogens with one attached hydrogen (secondary N) is 2. The average molecular weight is 274 g/mol. The maximum Gasteiger partial charge on any atom is 0.407 e. The first-order chi connectivity index (χ1) is 8.37. The maximum atomic E-state index is 11.6. The minimum absolute atomic E-state index is 0.0921. The van der Waals surface area contributed by atoms with Gasteiger partial charge in [-0.2, -0.15) is 11.8 Å². The topological polar surface area (TPSA) is 50.4 Å². The van der Waals surface area contributed by atoms with Gasteiger partial charge < -0.3 is 15.4 Å². The van der Waals surface area contributed by atoms with Crippen molar-refractivity contribution in [3.63, 3.8) is 0 Å². The lowest BCUT2D eigenvalue weighted by Crippen LogP contribution is -2.45. The number of hydrogen-bond donors (Lipinski definition) is 2. The molecule has 0 aromatic heterocycles. The predicted molar refractivity (Wildman–Crippen MR) is 77.2 cm³/mol. The molecule has 5 heteroatoms. The molecule has 4 nitrogen and oxygen atoms in total. The van der Waals surface area contributed by atoms with Crippen LogP contribution in [0.5, 0.6) is 0 Å². The molecule has 106 valence electrons. The Balaban J connectivity index is 2.16. The zero-order valence-electron chi connectivity index (χ0n) is 11.9. The second kappa shape index (κ2) is 7.24. The van der Waals surface area contributed by atoms with Crippen LogP contribution in [0.3, 0.4) is 0 Å². The molecular formula is C13H26N2O2S. The van der Waals surface area contributed by atoms with E-state index in [-0.39, 0.29) is 12.1 Å². The van der Waals surface area contributed by atoms with Crippen LogP contribution in [-0.2, 0) is 4.74 Å². The Hall–Kier alpha value is -0.420. The third-order valence-corrected chi connectivity index (χ3v) is 3.75. The van der Waals surface area contributed by atoms with Crippen molar-refractivity contribution in [2.24, 2.45) is 0 Å². The molecule has 1 unspecified atom stereocenters. The highest BCUT2D eigenvalue weighted by molar-refractivity contribution is 7.99. The van der Waals surface area contributed by atoms with Gasteiger partial charge in [0.25, 0.3) is 0 Å². The molecule has 0 spiro atoms. The molecule has 1 aliphatic heterocycles. The fourth-order valence-electron chi connectivity index (χ4n) is 1.80. The Morgan fingerprint density at radius 3 is 2.56 bits per heavy atom. The standard InChI is InChI=1S/C13H26N2O2S/c1-10(15-12(16)17-13(2,3)4)9-14-11-5-7-18-8-6-11/h10-11,14H,5-9H2,1-4H3,(H,15,16). The molecule has 0 bridgehead atoms. The Morgan fingerprint density at radius 1 is 1.39 bits per heavy atom. The van der Waals surface area contributed by atoms with E-state index in [2.05, 4.69) is 10.6 Å². The summed E-state index contributed by atoms with van der Waals surface area (Å²) in [5.74, 6) is 2.48. The third-order valence-electron chi connectivity index (χ3n) is 2.70. The quantitative estimate of drug-likeness (QED) is 0.826. The van der Waals surface area contributed by atoms with Crippen LogP contribution >= 0.6 is 11.8 Å². The zero-order valence-corrected chi connectivity index (χ0v) is 12.7. The normalized spacial score (nSPS) is 19.3. The van der Waals surface area contributed by atoms with E-state index in [9.17, 15) is 4.79 Å². The van der Waals surface area contributed by atoms with Gasteiger partial charge in [0, 0.05) is 18.6 Å².